The fourth-order valence-corrected chi connectivity index (χ4v) is 3.26. The van der Waals surface area contributed by atoms with Crippen molar-refractivity contribution in [3.8, 4) is 0 Å². The first kappa shape index (κ1) is 18.0. The monoisotopic (exact) mass is 316 g/mol. The van der Waals surface area contributed by atoms with Gasteiger partial charge in [-0.1, -0.05) is 0 Å². The molecular weight excluding hydrogens is 295 g/mol. The number of phosphoric acid groups is 1. The Kier molecular flexibility index (Phi) is 6.52. The van der Waals surface area contributed by atoms with E-state index in [-0.39, 0.29) is 13.2 Å². The lowest BCUT2D eigenvalue weighted by molar-refractivity contribution is -0.220. The second kappa shape index (κ2) is 7.26. The third-order valence-corrected chi connectivity index (χ3v) is 4.55. The molecule has 1 aliphatic rings. The molecule has 6 atom stereocenters. The van der Waals surface area contributed by atoms with Crippen molar-refractivity contribution in [2.75, 3.05) is 13.2 Å². The van der Waals surface area contributed by atoms with Crippen molar-refractivity contribution in [3.05, 3.63) is 0 Å². The molecule has 120 valence electrons. The van der Waals surface area contributed by atoms with Gasteiger partial charge >= 0.3 is 7.82 Å². The molecule has 1 saturated carbocycles. The molecule has 4 unspecified atom stereocenters. The lowest BCUT2D eigenvalue weighted by Gasteiger charge is -2.41. The van der Waals surface area contributed by atoms with Gasteiger partial charge in [-0.15, -0.1) is 0 Å². The van der Waals surface area contributed by atoms with Crippen molar-refractivity contribution < 1.29 is 43.7 Å². The largest absolute Gasteiger partial charge is 0.475 e. The van der Waals surface area contributed by atoms with E-state index >= 15 is 0 Å². The summed E-state index contributed by atoms with van der Waals surface area (Å²) >= 11 is 0. The highest BCUT2D eigenvalue weighted by Crippen LogP contribution is 2.51. The molecule has 0 aromatic rings. The summed E-state index contributed by atoms with van der Waals surface area (Å²) in [5.41, 5.74) is 0. The molecule has 1 rings (SSSR count). The summed E-state index contributed by atoms with van der Waals surface area (Å²) < 4.78 is 26.8. The van der Waals surface area contributed by atoms with Gasteiger partial charge in [0.15, 0.2) is 0 Å². The quantitative estimate of drug-likeness (QED) is 0.364. The topological polar surface area (TPSA) is 146 Å². The maximum Gasteiger partial charge on any atom is 0.475 e. The maximum absolute atomic E-state index is 12.2. The molecule has 5 N–H and O–H groups in total. The molecule has 0 radical (unpaired) electrons. The summed E-state index contributed by atoms with van der Waals surface area (Å²) in [5.74, 6) is 0. The second-order valence-corrected chi connectivity index (χ2v) is 5.93. The lowest BCUT2D eigenvalue weighted by atomic mass is 9.85. The van der Waals surface area contributed by atoms with Crippen LogP contribution in [0.2, 0.25) is 0 Å². The molecule has 0 aromatic heterocycles. The van der Waals surface area contributed by atoms with Gasteiger partial charge in [0.25, 0.3) is 0 Å². The minimum atomic E-state index is -4.06. The van der Waals surface area contributed by atoms with Crippen molar-refractivity contribution in [3.63, 3.8) is 0 Å². The summed E-state index contributed by atoms with van der Waals surface area (Å²) in [6.07, 6.45) is -10.5. The summed E-state index contributed by atoms with van der Waals surface area (Å²) in [5, 5.41) is 48.0. The Hall–Kier alpha value is -0.0900. The van der Waals surface area contributed by atoms with Gasteiger partial charge in [0.2, 0.25) is 0 Å². The van der Waals surface area contributed by atoms with Crippen molar-refractivity contribution in [1.82, 2.24) is 0 Å². The normalized spacial score (nSPS) is 39.0. The summed E-state index contributed by atoms with van der Waals surface area (Å²) in [4.78, 5) is 0. The molecule has 10 heteroatoms. The van der Waals surface area contributed by atoms with Crippen LogP contribution in [0.4, 0.5) is 0 Å². The SMILES string of the molecule is CCOP(=O)(OCC)OC1C(O)[C@H](O)C(O)C(O)[C@@H]1O. The minimum absolute atomic E-state index is 0.01000. The van der Waals surface area contributed by atoms with Gasteiger partial charge in [-0.05, 0) is 13.8 Å². The Morgan fingerprint density at radius 1 is 0.800 bits per heavy atom. The van der Waals surface area contributed by atoms with Gasteiger partial charge in [-0.3, -0.25) is 13.6 Å². The van der Waals surface area contributed by atoms with Crippen LogP contribution in [0.1, 0.15) is 13.8 Å². The third-order valence-electron chi connectivity index (χ3n) is 2.90. The number of hydrogen-bond acceptors (Lipinski definition) is 9. The summed E-state index contributed by atoms with van der Waals surface area (Å²) in [6.45, 7) is 3.06. The molecule has 0 bridgehead atoms. The Morgan fingerprint density at radius 2 is 1.15 bits per heavy atom. The first-order valence-electron chi connectivity index (χ1n) is 6.25. The molecule has 1 aliphatic carbocycles. The van der Waals surface area contributed by atoms with Crippen LogP contribution >= 0.6 is 7.82 Å². The average molecular weight is 316 g/mol. The molecule has 9 nitrogen and oxygen atoms in total. The van der Waals surface area contributed by atoms with Crippen LogP contribution < -0.4 is 0 Å². The second-order valence-electron chi connectivity index (χ2n) is 4.31. The highest BCUT2D eigenvalue weighted by atomic mass is 31.2. The van der Waals surface area contributed by atoms with Crippen molar-refractivity contribution in [2.45, 2.75) is 50.5 Å². The Labute approximate surface area is 116 Å². The first-order valence-corrected chi connectivity index (χ1v) is 7.71. The van der Waals surface area contributed by atoms with Gasteiger partial charge in [-0.25, -0.2) is 4.57 Å². The fourth-order valence-electron chi connectivity index (χ4n) is 1.88. The van der Waals surface area contributed by atoms with E-state index < -0.39 is 44.4 Å². The predicted molar refractivity (Wildman–Crippen MR) is 65.8 cm³/mol. The predicted octanol–water partition coefficient (Wildman–Crippen LogP) is -1.63. The van der Waals surface area contributed by atoms with E-state index in [1.54, 1.807) is 0 Å². The smallest absolute Gasteiger partial charge is 0.387 e. The van der Waals surface area contributed by atoms with E-state index in [4.69, 9.17) is 13.6 Å². The lowest BCUT2D eigenvalue weighted by Crippen LogP contribution is -2.64. The zero-order chi connectivity index (χ0) is 15.5. The summed E-state index contributed by atoms with van der Waals surface area (Å²) in [6, 6.07) is 0. The average Bonchev–Trinajstić information content (AvgIpc) is 2.40. The molecule has 0 aliphatic heterocycles. The highest BCUT2D eigenvalue weighted by Gasteiger charge is 2.51. The Bertz CT molecular complexity index is 326. The molecule has 0 amide bonds. The van der Waals surface area contributed by atoms with Crippen LogP contribution in [-0.4, -0.2) is 75.4 Å². The van der Waals surface area contributed by atoms with Crippen molar-refractivity contribution in [1.29, 1.82) is 0 Å². The number of rotatable bonds is 6. The van der Waals surface area contributed by atoms with E-state index in [2.05, 4.69) is 0 Å². The summed E-state index contributed by atoms with van der Waals surface area (Å²) in [7, 11) is -4.06. The first-order chi connectivity index (χ1) is 9.27. The van der Waals surface area contributed by atoms with Crippen LogP contribution in [0.25, 0.3) is 0 Å². The van der Waals surface area contributed by atoms with Crippen molar-refractivity contribution in [2.24, 2.45) is 0 Å². The number of hydrogen-bond donors (Lipinski definition) is 5. The zero-order valence-corrected chi connectivity index (χ0v) is 12.1. The van der Waals surface area contributed by atoms with E-state index in [1.807, 2.05) is 0 Å². The zero-order valence-electron chi connectivity index (χ0n) is 11.2. The van der Waals surface area contributed by atoms with Gasteiger partial charge in [0.05, 0.1) is 13.2 Å². The van der Waals surface area contributed by atoms with E-state index in [9.17, 15) is 30.1 Å². The molecule has 0 aromatic carbocycles. The van der Waals surface area contributed by atoms with E-state index in [1.165, 1.54) is 13.8 Å². The van der Waals surface area contributed by atoms with Crippen LogP contribution in [-0.2, 0) is 18.1 Å². The molecule has 20 heavy (non-hydrogen) atoms. The number of aliphatic hydroxyl groups is 5. The number of phosphoric ester groups is 1. The van der Waals surface area contributed by atoms with Gasteiger partial charge in [-0.2, -0.15) is 0 Å². The van der Waals surface area contributed by atoms with Crippen LogP contribution in [0.5, 0.6) is 0 Å². The van der Waals surface area contributed by atoms with E-state index in [0.29, 0.717) is 0 Å². The molecule has 0 heterocycles. The van der Waals surface area contributed by atoms with Crippen molar-refractivity contribution >= 4 is 7.82 Å². The minimum Gasteiger partial charge on any atom is -0.387 e. The standard InChI is InChI=1S/C10H21O9P/c1-3-17-20(16,18-4-2)19-10-8(14)6(12)5(11)7(13)9(10)15/h5-15H,3-4H2,1-2H3/t5?,6-,7?,8?,9+,10?/m1/s1. The van der Waals surface area contributed by atoms with Crippen LogP contribution in [0, 0.1) is 0 Å². The molecular formula is C10H21O9P. The molecule has 0 saturated heterocycles. The van der Waals surface area contributed by atoms with E-state index in [0.717, 1.165) is 0 Å². The Balaban J connectivity index is 2.90. The van der Waals surface area contributed by atoms with Gasteiger partial charge in [0, 0.05) is 0 Å². The highest BCUT2D eigenvalue weighted by molar-refractivity contribution is 7.48. The van der Waals surface area contributed by atoms with Crippen LogP contribution in [0.15, 0.2) is 0 Å². The number of aliphatic hydroxyl groups excluding tert-OH is 5. The maximum atomic E-state index is 12.2. The third kappa shape index (κ3) is 3.76. The van der Waals surface area contributed by atoms with Crippen LogP contribution in [0.3, 0.4) is 0 Å². The Morgan fingerprint density at radius 3 is 1.50 bits per heavy atom. The molecule has 0 spiro atoms. The molecule has 1 fully saturated rings. The fraction of sp³-hybridized carbons (Fsp3) is 1.00. The van der Waals surface area contributed by atoms with Gasteiger partial charge in [0.1, 0.15) is 36.6 Å². The van der Waals surface area contributed by atoms with Gasteiger partial charge < -0.3 is 25.5 Å².